The summed E-state index contributed by atoms with van der Waals surface area (Å²) in [6.07, 6.45) is 2.22. The summed E-state index contributed by atoms with van der Waals surface area (Å²) in [5.41, 5.74) is 6.95. The second-order valence-electron chi connectivity index (χ2n) is 4.53. The van der Waals surface area contributed by atoms with Gasteiger partial charge in [-0.2, -0.15) is 4.98 Å². The Morgan fingerprint density at radius 3 is 2.53 bits per heavy atom. The van der Waals surface area contributed by atoms with E-state index in [1.807, 2.05) is 19.2 Å². The molecule has 0 radical (unpaired) electrons. The van der Waals surface area contributed by atoms with Crippen LogP contribution < -0.4 is 20.7 Å². The lowest BCUT2D eigenvalue weighted by molar-refractivity contribution is 0.307. The average molecular weight is 266 g/mol. The molecule has 0 unspecified atom stereocenters. The average Bonchev–Trinajstić information content (AvgIpc) is 2.38. The molecule has 108 valence electrons. The van der Waals surface area contributed by atoms with Crippen molar-refractivity contribution >= 4 is 11.5 Å². The van der Waals surface area contributed by atoms with E-state index in [9.17, 15) is 0 Å². The van der Waals surface area contributed by atoms with Crippen LogP contribution in [-0.2, 0) is 0 Å². The molecule has 1 rings (SSSR count). The molecule has 1 aromatic rings. The van der Waals surface area contributed by atoms with Crippen molar-refractivity contribution in [3.63, 3.8) is 0 Å². The first-order chi connectivity index (χ1) is 9.21. The molecule has 0 aliphatic heterocycles. The molecule has 19 heavy (non-hydrogen) atoms. The van der Waals surface area contributed by atoms with Gasteiger partial charge in [0.1, 0.15) is 12.4 Å². The van der Waals surface area contributed by atoms with Gasteiger partial charge in [-0.3, -0.25) is 0 Å². The van der Waals surface area contributed by atoms with Crippen LogP contribution in [-0.4, -0.2) is 38.3 Å². The third-order valence-corrected chi connectivity index (χ3v) is 2.76. The zero-order chi connectivity index (χ0) is 14.1. The van der Waals surface area contributed by atoms with E-state index >= 15 is 0 Å². The smallest absolute Gasteiger partial charge is 0.217 e. The number of hydrogen-bond acceptors (Lipinski definition) is 5. The van der Waals surface area contributed by atoms with Gasteiger partial charge < -0.3 is 20.7 Å². The van der Waals surface area contributed by atoms with E-state index in [0.29, 0.717) is 18.3 Å². The van der Waals surface area contributed by atoms with Crippen molar-refractivity contribution in [2.75, 3.05) is 43.9 Å². The highest BCUT2D eigenvalue weighted by Crippen LogP contribution is 2.22. The standard InChI is InChI=1S/C14H26N4O/c1-4-7-18(8-5-2)12-10-13(15)17-14(11-12)19-9-6-16-3/h10-11,16H,4-9H2,1-3H3,(H2,15,17). The molecule has 3 N–H and O–H groups in total. The Kier molecular flexibility index (Phi) is 7.03. The summed E-state index contributed by atoms with van der Waals surface area (Å²) in [6, 6.07) is 3.88. The van der Waals surface area contributed by atoms with Crippen molar-refractivity contribution in [2.45, 2.75) is 26.7 Å². The van der Waals surface area contributed by atoms with Crippen LogP contribution in [0.5, 0.6) is 5.88 Å². The van der Waals surface area contributed by atoms with Gasteiger partial charge >= 0.3 is 0 Å². The number of ether oxygens (including phenoxy) is 1. The largest absolute Gasteiger partial charge is 0.476 e. The van der Waals surface area contributed by atoms with E-state index in [4.69, 9.17) is 10.5 Å². The maximum atomic E-state index is 5.86. The van der Waals surface area contributed by atoms with Crippen LogP contribution in [0.3, 0.4) is 0 Å². The first kappa shape index (κ1) is 15.6. The Balaban J connectivity index is 2.80. The Bertz CT molecular complexity index is 364. The van der Waals surface area contributed by atoms with Crippen LogP contribution in [0, 0.1) is 0 Å². The van der Waals surface area contributed by atoms with Crippen molar-refractivity contribution in [2.24, 2.45) is 0 Å². The lowest BCUT2D eigenvalue weighted by atomic mass is 10.3. The second-order valence-corrected chi connectivity index (χ2v) is 4.53. The van der Waals surface area contributed by atoms with E-state index in [2.05, 4.69) is 29.0 Å². The monoisotopic (exact) mass is 266 g/mol. The number of nitrogens with one attached hydrogen (secondary N) is 1. The summed E-state index contributed by atoms with van der Waals surface area (Å²) in [5.74, 6) is 1.11. The predicted octanol–water partition coefficient (Wildman–Crippen LogP) is 1.89. The number of pyridine rings is 1. The molecule has 0 atom stereocenters. The SMILES string of the molecule is CCCN(CCC)c1cc(N)nc(OCCNC)c1. The molecule has 0 fully saturated rings. The molecule has 0 amide bonds. The minimum atomic E-state index is 0.508. The second kappa shape index (κ2) is 8.58. The molecular formula is C14H26N4O. The lowest BCUT2D eigenvalue weighted by Gasteiger charge is -2.24. The van der Waals surface area contributed by atoms with E-state index in [1.165, 1.54) is 0 Å². The van der Waals surface area contributed by atoms with Crippen LogP contribution in [0.4, 0.5) is 11.5 Å². The lowest BCUT2D eigenvalue weighted by Crippen LogP contribution is -2.25. The summed E-state index contributed by atoms with van der Waals surface area (Å²) < 4.78 is 5.59. The first-order valence-electron chi connectivity index (χ1n) is 7.01. The van der Waals surface area contributed by atoms with E-state index in [1.54, 1.807) is 0 Å². The number of likely N-dealkylation sites (N-methyl/N-ethyl adjacent to an activating group) is 1. The molecule has 1 heterocycles. The van der Waals surface area contributed by atoms with Gasteiger partial charge in [-0.15, -0.1) is 0 Å². The molecule has 0 aliphatic rings. The highest BCUT2D eigenvalue weighted by atomic mass is 16.5. The molecule has 0 aliphatic carbocycles. The van der Waals surface area contributed by atoms with Crippen molar-refractivity contribution < 1.29 is 4.74 Å². The highest BCUT2D eigenvalue weighted by molar-refractivity contribution is 5.55. The number of nitrogen functional groups attached to an aromatic ring is 1. The highest BCUT2D eigenvalue weighted by Gasteiger charge is 2.08. The Morgan fingerprint density at radius 1 is 1.26 bits per heavy atom. The normalized spacial score (nSPS) is 10.5. The van der Waals surface area contributed by atoms with Crippen LogP contribution in [0.15, 0.2) is 12.1 Å². The van der Waals surface area contributed by atoms with Gasteiger partial charge in [0.15, 0.2) is 0 Å². The maximum Gasteiger partial charge on any atom is 0.217 e. The fourth-order valence-corrected chi connectivity index (χ4v) is 1.94. The van der Waals surface area contributed by atoms with E-state index in [0.717, 1.165) is 38.2 Å². The minimum Gasteiger partial charge on any atom is -0.476 e. The van der Waals surface area contributed by atoms with Crippen LogP contribution in [0.25, 0.3) is 0 Å². The first-order valence-corrected chi connectivity index (χ1v) is 7.01. The molecule has 0 saturated carbocycles. The minimum absolute atomic E-state index is 0.508. The molecular weight excluding hydrogens is 240 g/mol. The van der Waals surface area contributed by atoms with Crippen LogP contribution >= 0.6 is 0 Å². The molecule has 0 bridgehead atoms. The quantitative estimate of drug-likeness (QED) is 0.668. The summed E-state index contributed by atoms with van der Waals surface area (Å²) in [4.78, 5) is 6.53. The Morgan fingerprint density at radius 2 is 1.95 bits per heavy atom. The summed E-state index contributed by atoms with van der Waals surface area (Å²) in [6.45, 7) is 7.78. The molecule has 5 nitrogen and oxygen atoms in total. The third-order valence-electron chi connectivity index (χ3n) is 2.76. The summed E-state index contributed by atoms with van der Waals surface area (Å²) in [7, 11) is 1.89. The summed E-state index contributed by atoms with van der Waals surface area (Å²) in [5, 5.41) is 3.04. The molecule has 5 heteroatoms. The van der Waals surface area contributed by atoms with Gasteiger partial charge in [-0.05, 0) is 19.9 Å². The van der Waals surface area contributed by atoms with Crippen molar-refractivity contribution in [1.29, 1.82) is 0 Å². The number of nitrogens with two attached hydrogens (primary N) is 1. The Hall–Kier alpha value is -1.49. The number of nitrogens with zero attached hydrogens (tertiary/aromatic N) is 2. The number of hydrogen-bond donors (Lipinski definition) is 2. The number of rotatable bonds is 9. The van der Waals surface area contributed by atoms with Crippen LogP contribution in [0.1, 0.15) is 26.7 Å². The molecule has 0 spiro atoms. The topological polar surface area (TPSA) is 63.4 Å². The van der Waals surface area contributed by atoms with Crippen molar-refractivity contribution in [1.82, 2.24) is 10.3 Å². The molecule has 0 aromatic carbocycles. The van der Waals surface area contributed by atoms with Crippen LogP contribution in [0.2, 0.25) is 0 Å². The number of anilines is 2. The third kappa shape index (κ3) is 5.34. The molecule has 1 aromatic heterocycles. The van der Waals surface area contributed by atoms with Gasteiger partial charge in [0, 0.05) is 37.5 Å². The zero-order valence-corrected chi connectivity index (χ0v) is 12.3. The summed E-state index contributed by atoms with van der Waals surface area (Å²) >= 11 is 0. The van der Waals surface area contributed by atoms with Gasteiger partial charge in [-0.25, -0.2) is 0 Å². The van der Waals surface area contributed by atoms with Gasteiger partial charge in [0.2, 0.25) is 5.88 Å². The Labute approximate surface area is 116 Å². The fourth-order valence-electron chi connectivity index (χ4n) is 1.94. The van der Waals surface area contributed by atoms with Crippen molar-refractivity contribution in [3.05, 3.63) is 12.1 Å². The van der Waals surface area contributed by atoms with Gasteiger partial charge in [0.05, 0.1) is 0 Å². The van der Waals surface area contributed by atoms with E-state index < -0.39 is 0 Å². The fraction of sp³-hybridized carbons (Fsp3) is 0.643. The van der Waals surface area contributed by atoms with Gasteiger partial charge in [-0.1, -0.05) is 13.8 Å². The van der Waals surface area contributed by atoms with E-state index in [-0.39, 0.29) is 0 Å². The molecule has 0 saturated heterocycles. The van der Waals surface area contributed by atoms with Crippen molar-refractivity contribution in [3.8, 4) is 5.88 Å². The number of aromatic nitrogens is 1. The van der Waals surface area contributed by atoms with Gasteiger partial charge in [0.25, 0.3) is 0 Å². The maximum absolute atomic E-state index is 5.86. The zero-order valence-electron chi connectivity index (χ0n) is 12.3. The predicted molar refractivity (Wildman–Crippen MR) is 80.9 cm³/mol.